The minimum Gasteiger partial charge on any atom is -0.400 e. The van der Waals surface area contributed by atoms with Gasteiger partial charge in [-0.15, -0.1) is 0 Å². The number of nitrogens with one attached hydrogen (secondary N) is 1. The lowest BCUT2D eigenvalue weighted by Gasteiger charge is -2.38. The van der Waals surface area contributed by atoms with E-state index in [9.17, 15) is 13.2 Å². The Balaban J connectivity index is 2.05. The highest BCUT2D eigenvalue weighted by atomic mass is 19.4. The third-order valence-electron chi connectivity index (χ3n) is 4.78. The number of aliphatic imine (C=N–C) groups is 1. The largest absolute Gasteiger partial charge is 0.435 e. The molecule has 0 aliphatic carbocycles. The first kappa shape index (κ1) is 17.0. The summed E-state index contributed by atoms with van der Waals surface area (Å²) in [7, 11) is 1.59. The van der Waals surface area contributed by atoms with Gasteiger partial charge in [-0.2, -0.15) is 18.3 Å². The number of nitrogens with two attached hydrogens (primary N) is 1. The number of piperidine rings is 1. The Morgan fingerprint density at radius 3 is 2.83 bits per heavy atom. The number of halogens is 3. The molecule has 8 heteroatoms. The van der Waals surface area contributed by atoms with Crippen LogP contribution in [0.15, 0.2) is 22.3 Å². The monoisotopic (exact) mass is 341 g/mol. The van der Waals surface area contributed by atoms with Crippen molar-refractivity contribution in [1.29, 1.82) is 0 Å². The van der Waals surface area contributed by atoms with Gasteiger partial charge < -0.3 is 11.1 Å². The van der Waals surface area contributed by atoms with Gasteiger partial charge in [0.15, 0.2) is 5.69 Å². The van der Waals surface area contributed by atoms with Crippen LogP contribution in [0.5, 0.6) is 0 Å². The van der Waals surface area contributed by atoms with E-state index in [4.69, 9.17) is 5.73 Å². The van der Waals surface area contributed by atoms with Crippen molar-refractivity contribution in [3.63, 3.8) is 0 Å². The molecule has 3 rings (SSSR count). The number of hydrogen-bond donors (Lipinski definition) is 2. The van der Waals surface area contributed by atoms with E-state index in [0.717, 1.165) is 30.9 Å². The minimum atomic E-state index is -4.47. The van der Waals surface area contributed by atoms with Gasteiger partial charge in [0.05, 0.1) is 11.4 Å². The van der Waals surface area contributed by atoms with Crippen molar-refractivity contribution in [3.8, 4) is 0 Å². The highest BCUT2D eigenvalue weighted by molar-refractivity contribution is 6.12. The first-order valence-corrected chi connectivity index (χ1v) is 8.22. The Labute approximate surface area is 138 Å². The van der Waals surface area contributed by atoms with Crippen LogP contribution in [0, 0.1) is 0 Å². The first-order chi connectivity index (χ1) is 11.3. The molecule has 0 saturated carbocycles. The normalized spacial score (nSPS) is 25.3. The zero-order chi connectivity index (χ0) is 17.5. The summed E-state index contributed by atoms with van der Waals surface area (Å²) in [6.45, 7) is 2.10. The van der Waals surface area contributed by atoms with Gasteiger partial charge in [0.25, 0.3) is 0 Å². The Hall–Kier alpha value is -1.83. The van der Waals surface area contributed by atoms with Crippen LogP contribution >= 0.6 is 0 Å². The second kappa shape index (κ2) is 6.23. The molecule has 1 aromatic heterocycles. The lowest BCUT2D eigenvalue weighted by atomic mass is 9.83. The highest BCUT2D eigenvalue weighted by Crippen LogP contribution is 2.33. The van der Waals surface area contributed by atoms with Crippen LogP contribution in [0.4, 0.5) is 13.2 Å². The predicted octanol–water partition coefficient (Wildman–Crippen LogP) is 2.47. The zero-order valence-corrected chi connectivity index (χ0v) is 13.8. The summed E-state index contributed by atoms with van der Waals surface area (Å²) in [5, 5.41) is 7.17. The summed E-state index contributed by atoms with van der Waals surface area (Å²) in [5.74, 6) is 0. The second-order valence-corrected chi connectivity index (χ2v) is 6.29. The van der Waals surface area contributed by atoms with E-state index in [0.29, 0.717) is 36.1 Å². The summed E-state index contributed by atoms with van der Waals surface area (Å²) in [5.41, 5.74) is 7.88. The SMILES string of the molecule is CCn1nc(C(F)(F)F)cc1C(=NC)C1=C(N)[C@H]2CCC[C@@H](C1)N2. The smallest absolute Gasteiger partial charge is 0.400 e. The van der Waals surface area contributed by atoms with Crippen LogP contribution in [0.3, 0.4) is 0 Å². The minimum absolute atomic E-state index is 0.0873. The molecule has 5 nitrogen and oxygen atoms in total. The topological polar surface area (TPSA) is 68.2 Å². The molecule has 2 aliphatic heterocycles. The van der Waals surface area contributed by atoms with Crippen molar-refractivity contribution in [2.24, 2.45) is 10.7 Å². The van der Waals surface area contributed by atoms with Crippen molar-refractivity contribution >= 4 is 5.71 Å². The summed E-state index contributed by atoms with van der Waals surface area (Å²) < 4.78 is 40.4. The number of aryl methyl sites for hydroxylation is 1. The molecule has 0 amide bonds. The maximum atomic E-state index is 13.0. The third-order valence-corrected chi connectivity index (χ3v) is 4.78. The van der Waals surface area contributed by atoms with Gasteiger partial charge in [0, 0.05) is 36.9 Å². The number of hydrogen-bond acceptors (Lipinski definition) is 4. The summed E-state index contributed by atoms with van der Waals surface area (Å²) >= 11 is 0. The fourth-order valence-electron chi connectivity index (χ4n) is 3.62. The van der Waals surface area contributed by atoms with E-state index >= 15 is 0 Å². The molecule has 3 N–H and O–H groups in total. The second-order valence-electron chi connectivity index (χ2n) is 6.29. The molecule has 1 saturated heterocycles. The molecule has 0 spiro atoms. The first-order valence-electron chi connectivity index (χ1n) is 8.22. The molecule has 2 bridgehead atoms. The number of aromatic nitrogens is 2. The predicted molar refractivity (Wildman–Crippen MR) is 85.8 cm³/mol. The van der Waals surface area contributed by atoms with E-state index in [1.165, 1.54) is 4.68 Å². The fraction of sp³-hybridized carbons (Fsp3) is 0.625. The molecule has 2 atom stereocenters. The van der Waals surface area contributed by atoms with Crippen LogP contribution in [-0.4, -0.2) is 34.6 Å². The van der Waals surface area contributed by atoms with E-state index in [-0.39, 0.29) is 6.04 Å². The van der Waals surface area contributed by atoms with Gasteiger partial charge >= 0.3 is 6.18 Å². The lowest BCUT2D eigenvalue weighted by Crippen LogP contribution is -2.50. The highest BCUT2D eigenvalue weighted by Gasteiger charge is 2.37. The Morgan fingerprint density at radius 1 is 1.46 bits per heavy atom. The van der Waals surface area contributed by atoms with Gasteiger partial charge in [-0.1, -0.05) is 0 Å². The quantitative estimate of drug-likeness (QED) is 0.830. The number of rotatable bonds is 3. The molecule has 3 heterocycles. The van der Waals surface area contributed by atoms with Crippen molar-refractivity contribution in [3.05, 3.63) is 28.7 Å². The summed E-state index contributed by atoms with van der Waals surface area (Å²) in [6.07, 6.45) is -0.682. The third kappa shape index (κ3) is 2.94. The molecule has 2 aliphatic rings. The van der Waals surface area contributed by atoms with E-state index in [2.05, 4.69) is 15.4 Å². The average Bonchev–Trinajstić information content (AvgIpc) is 2.97. The van der Waals surface area contributed by atoms with Crippen LogP contribution in [-0.2, 0) is 12.7 Å². The summed E-state index contributed by atoms with van der Waals surface area (Å²) in [6, 6.07) is 1.47. The standard InChI is InChI=1S/C16H22F3N5/c1-3-24-12(8-13(23-24)16(17,18)19)15(21-2)10-7-9-5-4-6-11(22-9)14(10)20/h8-9,11,22H,3-7,20H2,1-2H3/t9-,11+/m0/s1. The van der Waals surface area contributed by atoms with Crippen molar-refractivity contribution < 1.29 is 13.2 Å². The molecule has 0 radical (unpaired) electrons. The Kier molecular flexibility index (Phi) is 4.42. The van der Waals surface area contributed by atoms with Gasteiger partial charge in [-0.3, -0.25) is 9.67 Å². The van der Waals surface area contributed by atoms with Gasteiger partial charge in [0.1, 0.15) is 0 Å². The fourth-order valence-corrected chi connectivity index (χ4v) is 3.62. The Bertz CT molecular complexity index is 686. The van der Waals surface area contributed by atoms with Gasteiger partial charge in [0.2, 0.25) is 0 Å². The molecular weight excluding hydrogens is 319 g/mol. The Morgan fingerprint density at radius 2 is 2.21 bits per heavy atom. The van der Waals surface area contributed by atoms with Crippen molar-refractivity contribution in [2.75, 3.05) is 7.05 Å². The molecule has 1 aromatic rings. The van der Waals surface area contributed by atoms with Crippen LogP contribution in [0.2, 0.25) is 0 Å². The maximum Gasteiger partial charge on any atom is 0.435 e. The molecule has 0 unspecified atom stereocenters. The van der Waals surface area contributed by atoms with Gasteiger partial charge in [-0.25, -0.2) is 0 Å². The maximum absolute atomic E-state index is 13.0. The molecule has 24 heavy (non-hydrogen) atoms. The zero-order valence-electron chi connectivity index (χ0n) is 13.8. The molecule has 132 valence electrons. The number of fused-ring (bicyclic) bond motifs is 2. The van der Waals surface area contributed by atoms with Crippen molar-refractivity contribution in [2.45, 2.75) is 57.4 Å². The van der Waals surface area contributed by atoms with E-state index in [1.807, 2.05) is 0 Å². The van der Waals surface area contributed by atoms with Gasteiger partial charge in [-0.05, 0) is 38.7 Å². The molecular formula is C16H22F3N5. The van der Waals surface area contributed by atoms with E-state index in [1.54, 1.807) is 14.0 Å². The number of alkyl halides is 3. The molecule has 1 fully saturated rings. The van der Waals surface area contributed by atoms with Crippen molar-refractivity contribution in [1.82, 2.24) is 15.1 Å². The summed E-state index contributed by atoms with van der Waals surface area (Å²) in [4.78, 5) is 4.29. The van der Waals surface area contributed by atoms with Crippen LogP contribution in [0.25, 0.3) is 0 Å². The molecule has 0 aromatic carbocycles. The van der Waals surface area contributed by atoms with Crippen LogP contribution < -0.4 is 11.1 Å². The van der Waals surface area contributed by atoms with E-state index < -0.39 is 11.9 Å². The lowest BCUT2D eigenvalue weighted by molar-refractivity contribution is -0.141. The average molecular weight is 341 g/mol. The number of nitrogens with zero attached hydrogens (tertiary/aromatic N) is 3. The van der Waals surface area contributed by atoms with Crippen LogP contribution in [0.1, 0.15) is 44.0 Å².